The first kappa shape index (κ1) is 19.9. The Morgan fingerprint density at radius 3 is 2.57 bits per heavy atom. The van der Waals surface area contributed by atoms with E-state index in [4.69, 9.17) is 4.42 Å². The van der Waals surface area contributed by atoms with Crippen LogP contribution in [0.4, 0.5) is 0 Å². The fraction of sp³-hybridized carbons (Fsp3) is 0.143. The van der Waals surface area contributed by atoms with Crippen LogP contribution in [0.5, 0.6) is 0 Å². The van der Waals surface area contributed by atoms with Crippen molar-refractivity contribution in [3.63, 3.8) is 0 Å². The third-order valence-electron chi connectivity index (χ3n) is 4.61. The van der Waals surface area contributed by atoms with Crippen LogP contribution in [0.25, 0.3) is 11.0 Å². The lowest BCUT2D eigenvalue weighted by Crippen LogP contribution is -2.27. The molecule has 0 fully saturated rings. The van der Waals surface area contributed by atoms with E-state index in [0.717, 1.165) is 11.0 Å². The van der Waals surface area contributed by atoms with E-state index in [1.54, 1.807) is 12.1 Å². The van der Waals surface area contributed by atoms with Crippen LogP contribution in [-0.2, 0) is 16.6 Å². The van der Waals surface area contributed by atoms with Crippen LogP contribution in [0, 0.1) is 0 Å². The zero-order valence-electron chi connectivity index (χ0n) is 16.1. The van der Waals surface area contributed by atoms with Gasteiger partial charge in [-0.25, -0.2) is 18.1 Å². The maximum Gasteiger partial charge on any atom is 0.251 e. The molecule has 4 aromatic rings. The smallest absolute Gasteiger partial charge is 0.251 e. The first-order valence-electron chi connectivity index (χ1n) is 9.30. The molecule has 1 amide bonds. The zero-order chi connectivity index (χ0) is 21.1. The maximum absolute atomic E-state index is 12.6. The summed E-state index contributed by atoms with van der Waals surface area (Å²) >= 11 is 0. The molecule has 2 aromatic heterocycles. The van der Waals surface area contributed by atoms with Crippen molar-refractivity contribution in [3.8, 4) is 0 Å². The minimum absolute atomic E-state index is 0.0482. The summed E-state index contributed by atoms with van der Waals surface area (Å²) in [6.07, 6.45) is 1.48. The number of amides is 1. The summed E-state index contributed by atoms with van der Waals surface area (Å²) in [4.78, 5) is 20.3. The summed E-state index contributed by atoms with van der Waals surface area (Å²) in [5.74, 6) is 0.829. The highest BCUT2D eigenvalue weighted by Gasteiger charge is 2.17. The third kappa shape index (κ3) is 4.27. The van der Waals surface area contributed by atoms with Gasteiger partial charge in [0.05, 0.1) is 34.8 Å². The highest BCUT2D eigenvalue weighted by atomic mass is 32.2. The number of carbonyl (C=O) groups is 1. The first-order chi connectivity index (χ1) is 14.4. The van der Waals surface area contributed by atoms with E-state index in [1.165, 1.54) is 30.5 Å². The molecule has 1 atom stereocenters. The number of sulfonamides is 1. The molecule has 0 radical (unpaired) electrons. The van der Waals surface area contributed by atoms with Gasteiger partial charge >= 0.3 is 0 Å². The van der Waals surface area contributed by atoms with Crippen molar-refractivity contribution in [2.45, 2.75) is 24.4 Å². The Balaban J connectivity index is 1.42. The number of hydrogen-bond donors (Lipinski definition) is 3. The fourth-order valence-corrected chi connectivity index (χ4v) is 3.97. The summed E-state index contributed by atoms with van der Waals surface area (Å²) in [7, 11) is -3.72. The van der Waals surface area contributed by atoms with E-state index in [1.807, 2.05) is 31.2 Å². The van der Waals surface area contributed by atoms with Crippen molar-refractivity contribution >= 4 is 27.0 Å². The van der Waals surface area contributed by atoms with Crippen LogP contribution in [0.3, 0.4) is 0 Å². The Kier molecular flexibility index (Phi) is 5.39. The van der Waals surface area contributed by atoms with E-state index in [0.29, 0.717) is 17.1 Å². The van der Waals surface area contributed by atoms with Gasteiger partial charge in [-0.3, -0.25) is 4.79 Å². The quantitative estimate of drug-likeness (QED) is 0.421. The van der Waals surface area contributed by atoms with Gasteiger partial charge in [0, 0.05) is 5.56 Å². The number of benzene rings is 2. The normalized spacial score (nSPS) is 12.7. The predicted molar refractivity (Wildman–Crippen MR) is 111 cm³/mol. The number of hydrogen-bond acceptors (Lipinski definition) is 5. The van der Waals surface area contributed by atoms with Crippen LogP contribution >= 0.6 is 0 Å². The van der Waals surface area contributed by atoms with Gasteiger partial charge in [-0.05, 0) is 55.5 Å². The number of fused-ring (bicyclic) bond motifs is 1. The standard InChI is InChI=1S/C21H20N4O4S/c1-14(20-24-18-6-2-3-7-19(18)25-20)23-21(26)15-8-10-17(11-9-15)30(27,28)22-13-16-5-4-12-29-16/h2-12,14,22H,13H2,1H3,(H,23,26)(H,24,25). The molecule has 0 aliphatic rings. The molecule has 2 aromatic carbocycles. The SMILES string of the molecule is CC(NC(=O)c1ccc(S(=O)(=O)NCc2ccco2)cc1)c1nc2ccccc2[nH]1. The van der Waals surface area contributed by atoms with E-state index in [-0.39, 0.29) is 23.4 Å². The van der Waals surface area contributed by atoms with Gasteiger partial charge in [-0.1, -0.05) is 12.1 Å². The van der Waals surface area contributed by atoms with Crippen molar-refractivity contribution in [1.82, 2.24) is 20.0 Å². The second kappa shape index (κ2) is 8.13. The average Bonchev–Trinajstić information content (AvgIpc) is 3.42. The number of nitrogens with one attached hydrogen (secondary N) is 3. The number of furan rings is 1. The largest absolute Gasteiger partial charge is 0.468 e. The predicted octanol–water partition coefficient (Wildman–Crippen LogP) is 3.13. The van der Waals surface area contributed by atoms with Gasteiger partial charge in [-0.2, -0.15) is 0 Å². The van der Waals surface area contributed by atoms with Gasteiger partial charge in [0.2, 0.25) is 10.0 Å². The highest BCUT2D eigenvalue weighted by molar-refractivity contribution is 7.89. The molecule has 3 N–H and O–H groups in total. The number of aromatic nitrogens is 2. The number of para-hydroxylation sites is 2. The summed E-state index contributed by atoms with van der Waals surface area (Å²) in [5, 5.41) is 2.87. The third-order valence-corrected chi connectivity index (χ3v) is 6.03. The molecule has 154 valence electrons. The van der Waals surface area contributed by atoms with Crippen LogP contribution in [-0.4, -0.2) is 24.3 Å². The lowest BCUT2D eigenvalue weighted by Gasteiger charge is -2.12. The van der Waals surface area contributed by atoms with Crippen molar-refractivity contribution < 1.29 is 17.6 Å². The molecule has 4 rings (SSSR count). The molecule has 9 heteroatoms. The van der Waals surface area contributed by atoms with E-state index in [9.17, 15) is 13.2 Å². The first-order valence-corrected chi connectivity index (χ1v) is 10.8. The van der Waals surface area contributed by atoms with Gasteiger partial charge in [0.1, 0.15) is 11.6 Å². The van der Waals surface area contributed by atoms with Crippen molar-refractivity contribution in [2.24, 2.45) is 0 Å². The number of H-pyrrole nitrogens is 1. The Labute approximate surface area is 173 Å². The number of aromatic amines is 1. The monoisotopic (exact) mass is 424 g/mol. The fourth-order valence-electron chi connectivity index (χ4n) is 2.97. The Bertz CT molecular complexity index is 1230. The molecule has 0 spiro atoms. The summed E-state index contributed by atoms with van der Waals surface area (Å²) in [6.45, 7) is 1.87. The summed E-state index contributed by atoms with van der Waals surface area (Å²) in [5.41, 5.74) is 2.07. The lowest BCUT2D eigenvalue weighted by atomic mass is 10.2. The Morgan fingerprint density at radius 1 is 1.10 bits per heavy atom. The molecule has 0 aliphatic heterocycles. The highest BCUT2D eigenvalue weighted by Crippen LogP contribution is 2.17. The molecule has 8 nitrogen and oxygen atoms in total. The number of imidazole rings is 1. The molecule has 0 saturated heterocycles. The maximum atomic E-state index is 12.6. The second-order valence-electron chi connectivity index (χ2n) is 6.76. The van der Waals surface area contributed by atoms with Gasteiger partial charge in [0.15, 0.2) is 0 Å². The van der Waals surface area contributed by atoms with Crippen LogP contribution in [0.1, 0.15) is 34.9 Å². The van der Waals surface area contributed by atoms with Crippen LogP contribution in [0.2, 0.25) is 0 Å². The molecule has 0 saturated carbocycles. The molecule has 1 unspecified atom stereocenters. The van der Waals surface area contributed by atoms with Crippen molar-refractivity contribution in [2.75, 3.05) is 0 Å². The summed E-state index contributed by atoms with van der Waals surface area (Å²) < 4.78 is 32.4. The van der Waals surface area contributed by atoms with Gasteiger partial charge in [0.25, 0.3) is 5.91 Å². The lowest BCUT2D eigenvalue weighted by molar-refractivity contribution is 0.0938. The second-order valence-corrected chi connectivity index (χ2v) is 8.53. The van der Waals surface area contributed by atoms with Gasteiger partial charge < -0.3 is 14.7 Å². The molecule has 30 heavy (non-hydrogen) atoms. The van der Waals surface area contributed by atoms with Crippen molar-refractivity contribution in [1.29, 1.82) is 0 Å². The molecule has 0 aliphatic carbocycles. The van der Waals surface area contributed by atoms with E-state index >= 15 is 0 Å². The van der Waals surface area contributed by atoms with E-state index in [2.05, 4.69) is 20.0 Å². The number of rotatable bonds is 7. The topological polar surface area (TPSA) is 117 Å². The van der Waals surface area contributed by atoms with E-state index < -0.39 is 10.0 Å². The molecule has 2 heterocycles. The van der Waals surface area contributed by atoms with Crippen LogP contribution in [0.15, 0.2) is 76.2 Å². The van der Waals surface area contributed by atoms with Crippen molar-refractivity contribution in [3.05, 3.63) is 84.1 Å². The Hall–Kier alpha value is -3.43. The minimum Gasteiger partial charge on any atom is -0.468 e. The molecule has 0 bridgehead atoms. The average molecular weight is 424 g/mol. The van der Waals surface area contributed by atoms with Crippen LogP contribution < -0.4 is 10.0 Å². The zero-order valence-corrected chi connectivity index (χ0v) is 16.9. The number of carbonyl (C=O) groups excluding carboxylic acids is 1. The Morgan fingerprint density at radius 2 is 1.87 bits per heavy atom. The molecular formula is C21H20N4O4S. The number of nitrogens with zero attached hydrogens (tertiary/aromatic N) is 1. The van der Waals surface area contributed by atoms with Gasteiger partial charge in [-0.15, -0.1) is 0 Å². The molecular weight excluding hydrogens is 404 g/mol. The minimum atomic E-state index is -3.72. The summed E-state index contributed by atoms with van der Waals surface area (Å²) in [6, 6.07) is 16.4.